The van der Waals surface area contributed by atoms with Crippen LogP contribution in [0.15, 0.2) is 0 Å². The van der Waals surface area contributed by atoms with Crippen LogP contribution in [0.3, 0.4) is 0 Å². The minimum absolute atomic E-state index is 0.336. The SMILES string of the molecule is O=S(=O)(CC1CCCCC1)NCCCNC1CC1. The molecule has 0 aromatic heterocycles. The van der Waals surface area contributed by atoms with Crippen molar-refractivity contribution in [3.63, 3.8) is 0 Å². The standard InChI is InChI=1S/C13H26N2O2S/c16-18(17,11-12-5-2-1-3-6-12)15-10-4-9-14-13-7-8-13/h12-15H,1-11H2. The fraction of sp³-hybridized carbons (Fsp3) is 1.00. The van der Waals surface area contributed by atoms with E-state index in [1.54, 1.807) is 0 Å². The summed E-state index contributed by atoms with van der Waals surface area (Å²) in [5.74, 6) is 0.726. The number of nitrogens with one attached hydrogen (secondary N) is 2. The normalized spacial score (nSPS) is 22.2. The molecule has 0 aromatic carbocycles. The molecule has 0 spiro atoms. The van der Waals surface area contributed by atoms with Crippen molar-refractivity contribution in [1.82, 2.24) is 10.0 Å². The van der Waals surface area contributed by atoms with Crippen LogP contribution in [0.5, 0.6) is 0 Å². The molecule has 5 heteroatoms. The quantitative estimate of drug-likeness (QED) is 0.661. The van der Waals surface area contributed by atoms with Crippen LogP contribution in [-0.4, -0.2) is 33.3 Å². The van der Waals surface area contributed by atoms with Gasteiger partial charge in [-0.2, -0.15) is 0 Å². The summed E-state index contributed by atoms with van der Waals surface area (Å²) in [4.78, 5) is 0. The third-order valence-corrected chi connectivity index (χ3v) is 5.42. The van der Waals surface area contributed by atoms with Crippen LogP contribution in [0.4, 0.5) is 0 Å². The molecule has 0 saturated heterocycles. The van der Waals surface area contributed by atoms with E-state index >= 15 is 0 Å². The minimum atomic E-state index is -3.04. The second kappa shape index (κ2) is 6.87. The molecule has 2 aliphatic carbocycles. The first-order valence-electron chi connectivity index (χ1n) is 7.36. The molecule has 106 valence electrons. The van der Waals surface area contributed by atoms with Gasteiger partial charge in [0, 0.05) is 12.6 Å². The van der Waals surface area contributed by atoms with Crippen molar-refractivity contribution in [2.24, 2.45) is 5.92 Å². The maximum absolute atomic E-state index is 11.9. The average molecular weight is 274 g/mol. The fourth-order valence-electron chi connectivity index (χ4n) is 2.63. The topological polar surface area (TPSA) is 58.2 Å². The van der Waals surface area contributed by atoms with Crippen molar-refractivity contribution in [1.29, 1.82) is 0 Å². The summed E-state index contributed by atoms with van der Waals surface area (Å²) in [5.41, 5.74) is 0. The Labute approximate surface area is 111 Å². The third kappa shape index (κ3) is 5.67. The summed E-state index contributed by atoms with van der Waals surface area (Å²) in [7, 11) is -3.04. The highest BCUT2D eigenvalue weighted by Gasteiger charge is 2.21. The molecule has 0 atom stereocenters. The van der Waals surface area contributed by atoms with Gasteiger partial charge in [0.05, 0.1) is 5.75 Å². The lowest BCUT2D eigenvalue weighted by molar-refractivity contribution is 0.384. The summed E-state index contributed by atoms with van der Waals surface area (Å²) in [5, 5.41) is 3.39. The van der Waals surface area contributed by atoms with Gasteiger partial charge in [-0.15, -0.1) is 0 Å². The third-order valence-electron chi connectivity index (χ3n) is 3.87. The predicted molar refractivity (Wildman–Crippen MR) is 74.0 cm³/mol. The van der Waals surface area contributed by atoms with Gasteiger partial charge in [0.1, 0.15) is 0 Å². The number of hydrogen-bond donors (Lipinski definition) is 2. The number of sulfonamides is 1. The number of hydrogen-bond acceptors (Lipinski definition) is 3. The first kappa shape index (κ1) is 14.3. The van der Waals surface area contributed by atoms with E-state index in [0.717, 1.165) is 25.8 Å². The number of rotatable bonds is 8. The first-order chi connectivity index (χ1) is 8.66. The van der Waals surface area contributed by atoms with E-state index in [0.29, 0.717) is 24.3 Å². The summed E-state index contributed by atoms with van der Waals surface area (Å²) in [6.45, 7) is 1.51. The van der Waals surface area contributed by atoms with Gasteiger partial charge in [-0.05, 0) is 44.6 Å². The molecule has 2 fully saturated rings. The van der Waals surface area contributed by atoms with Crippen molar-refractivity contribution < 1.29 is 8.42 Å². The van der Waals surface area contributed by atoms with E-state index in [1.165, 1.54) is 32.1 Å². The van der Waals surface area contributed by atoms with Crippen molar-refractivity contribution in [3.8, 4) is 0 Å². The zero-order valence-corrected chi connectivity index (χ0v) is 12.0. The molecule has 2 aliphatic rings. The molecule has 0 bridgehead atoms. The van der Waals surface area contributed by atoms with Crippen LogP contribution in [-0.2, 0) is 10.0 Å². The van der Waals surface area contributed by atoms with Crippen LogP contribution < -0.4 is 10.0 Å². The van der Waals surface area contributed by atoms with E-state index in [1.807, 2.05) is 0 Å². The van der Waals surface area contributed by atoms with Crippen LogP contribution in [0.1, 0.15) is 51.4 Å². The lowest BCUT2D eigenvalue weighted by atomic mass is 9.91. The van der Waals surface area contributed by atoms with Gasteiger partial charge >= 0.3 is 0 Å². The monoisotopic (exact) mass is 274 g/mol. The molecule has 4 nitrogen and oxygen atoms in total. The highest BCUT2D eigenvalue weighted by Crippen LogP contribution is 2.24. The first-order valence-corrected chi connectivity index (χ1v) is 9.02. The smallest absolute Gasteiger partial charge is 0.211 e. The predicted octanol–water partition coefficient (Wildman–Crippen LogP) is 1.63. The lowest BCUT2D eigenvalue weighted by Gasteiger charge is -2.21. The van der Waals surface area contributed by atoms with Crippen molar-refractivity contribution in [3.05, 3.63) is 0 Å². The summed E-state index contributed by atoms with van der Waals surface area (Å²) in [6.07, 6.45) is 9.31. The summed E-state index contributed by atoms with van der Waals surface area (Å²) >= 11 is 0. The van der Waals surface area contributed by atoms with E-state index in [4.69, 9.17) is 0 Å². The molecule has 2 N–H and O–H groups in total. The molecule has 0 aliphatic heterocycles. The molecule has 0 amide bonds. The summed E-state index contributed by atoms with van der Waals surface area (Å²) < 4.78 is 26.5. The Balaban J connectivity index is 1.56. The molecule has 0 radical (unpaired) electrons. The molecule has 0 unspecified atom stereocenters. The Morgan fingerprint density at radius 1 is 0.944 bits per heavy atom. The van der Waals surface area contributed by atoms with Crippen molar-refractivity contribution in [2.75, 3.05) is 18.8 Å². The van der Waals surface area contributed by atoms with E-state index in [-0.39, 0.29) is 0 Å². The second-order valence-corrected chi connectivity index (χ2v) is 7.61. The molecular weight excluding hydrogens is 248 g/mol. The Hall–Kier alpha value is -0.130. The zero-order chi connectivity index (χ0) is 12.8. The maximum atomic E-state index is 11.9. The molecule has 0 aromatic rings. The second-order valence-electron chi connectivity index (χ2n) is 5.76. The van der Waals surface area contributed by atoms with Gasteiger partial charge in [0.25, 0.3) is 0 Å². The van der Waals surface area contributed by atoms with Crippen LogP contribution >= 0.6 is 0 Å². The van der Waals surface area contributed by atoms with Gasteiger partial charge in [0.2, 0.25) is 10.0 Å². The van der Waals surface area contributed by atoms with Crippen LogP contribution in [0.2, 0.25) is 0 Å². The molecule has 0 heterocycles. The Kier molecular flexibility index (Phi) is 5.45. The Morgan fingerprint density at radius 2 is 1.67 bits per heavy atom. The van der Waals surface area contributed by atoms with Gasteiger partial charge in [-0.1, -0.05) is 19.3 Å². The minimum Gasteiger partial charge on any atom is -0.314 e. The zero-order valence-electron chi connectivity index (χ0n) is 11.2. The lowest BCUT2D eigenvalue weighted by Crippen LogP contribution is -2.32. The molecule has 2 rings (SSSR count). The molecule has 18 heavy (non-hydrogen) atoms. The molecule has 2 saturated carbocycles. The largest absolute Gasteiger partial charge is 0.314 e. The van der Waals surface area contributed by atoms with Crippen LogP contribution in [0, 0.1) is 5.92 Å². The summed E-state index contributed by atoms with van der Waals surface area (Å²) in [6, 6.07) is 0.712. The fourth-order valence-corrected chi connectivity index (χ4v) is 4.16. The van der Waals surface area contributed by atoms with Gasteiger partial charge in [-0.3, -0.25) is 0 Å². The van der Waals surface area contributed by atoms with Crippen molar-refractivity contribution >= 4 is 10.0 Å². The average Bonchev–Trinajstić information content (AvgIpc) is 3.13. The van der Waals surface area contributed by atoms with E-state index in [9.17, 15) is 8.42 Å². The Morgan fingerprint density at radius 3 is 2.33 bits per heavy atom. The highest BCUT2D eigenvalue weighted by atomic mass is 32.2. The Bertz CT molecular complexity index is 333. The molecular formula is C13H26N2O2S. The van der Waals surface area contributed by atoms with E-state index < -0.39 is 10.0 Å². The van der Waals surface area contributed by atoms with Crippen molar-refractivity contribution in [2.45, 2.75) is 57.4 Å². The highest BCUT2D eigenvalue weighted by molar-refractivity contribution is 7.89. The van der Waals surface area contributed by atoms with E-state index in [2.05, 4.69) is 10.0 Å². The van der Waals surface area contributed by atoms with Gasteiger partial charge in [0.15, 0.2) is 0 Å². The van der Waals surface area contributed by atoms with Gasteiger partial charge in [-0.25, -0.2) is 13.1 Å². The maximum Gasteiger partial charge on any atom is 0.211 e. The van der Waals surface area contributed by atoms with Crippen LogP contribution in [0.25, 0.3) is 0 Å². The van der Waals surface area contributed by atoms with Gasteiger partial charge < -0.3 is 5.32 Å².